The number of hydrogen-bond acceptors (Lipinski definition) is 5. The van der Waals surface area contributed by atoms with Crippen LogP contribution < -0.4 is 10.1 Å². The van der Waals surface area contributed by atoms with Crippen molar-refractivity contribution >= 4 is 22.9 Å². The van der Waals surface area contributed by atoms with Crippen molar-refractivity contribution in [3.8, 4) is 16.3 Å². The summed E-state index contributed by atoms with van der Waals surface area (Å²) >= 11 is 7.61. The second kappa shape index (κ2) is 7.02. The lowest BCUT2D eigenvalue weighted by Gasteiger charge is -2.06. The summed E-state index contributed by atoms with van der Waals surface area (Å²) in [5, 5.41) is 14.3. The number of rotatable bonds is 6. The minimum absolute atomic E-state index is 0.482. The molecule has 20 heavy (non-hydrogen) atoms. The van der Waals surface area contributed by atoms with Gasteiger partial charge in [0.15, 0.2) is 5.01 Å². The molecule has 2 rings (SSSR count). The van der Waals surface area contributed by atoms with Gasteiger partial charge < -0.3 is 10.1 Å². The molecule has 0 spiro atoms. The van der Waals surface area contributed by atoms with Crippen molar-refractivity contribution in [3.63, 3.8) is 0 Å². The zero-order chi connectivity index (χ0) is 14.5. The van der Waals surface area contributed by atoms with Gasteiger partial charge in [0.25, 0.3) is 0 Å². The molecule has 0 aliphatic carbocycles. The van der Waals surface area contributed by atoms with Gasteiger partial charge in [0.05, 0.1) is 12.7 Å². The smallest absolute Gasteiger partial charge is 0.151 e. The van der Waals surface area contributed by atoms with Crippen LogP contribution in [0.5, 0.6) is 5.75 Å². The molecule has 1 aromatic carbocycles. The molecule has 1 heterocycles. The van der Waals surface area contributed by atoms with E-state index in [9.17, 15) is 0 Å². The van der Waals surface area contributed by atoms with Gasteiger partial charge in [-0.25, -0.2) is 0 Å². The summed E-state index contributed by atoms with van der Waals surface area (Å²) in [7, 11) is 1.64. The molecule has 0 bridgehead atoms. The van der Waals surface area contributed by atoms with Gasteiger partial charge in [0, 0.05) is 24.0 Å². The highest BCUT2D eigenvalue weighted by atomic mass is 35.5. The SMILES string of the molecule is COc1ccc(Cl)cc1-c1nnc(CCNC(C)C)s1. The molecule has 0 aliphatic rings. The second-order valence-corrected chi connectivity index (χ2v) is 6.20. The van der Waals surface area contributed by atoms with Crippen molar-refractivity contribution in [3.05, 3.63) is 28.2 Å². The lowest BCUT2D eigenvalue weighted by molar-refractivity contribution is 0.416. The Hall–Kier alpha value is -1.17. The van der Waals surface area contributed by atoms with Crippen LogP contribution in [0.25, 0.3) is 10.6 Å². The number of nitrogens with zero attached hydrogens (tertiary/aromatic N) is 2. The summed E-state index contributed by atoms with van der Waals surface area (Å²) < 4.78 is 5.34. The third kappa shape index (κ3) is 3.91. The maximum absolute atomic E-state index is 6.04. The molecule has 0 saturated carbocycles. The molecular weight excluding hydrogens is 294 g/mol. The number of halogens is 1. The highest BCUT2D eigenvalue weighted by molar-refractivity contribution is 7.14. The normalized spacial score (nSPS) is 11.1. The summed E-state index contributed by atoms with van der Waals surface area (Å²) in [6, 6.07) is 5.99. The van der Waals surface area contributed by atoms with E-state index in [-0.39, 0.29) is 0 Å². The highest BCUT2D eigenvalue weighted by Gasteiger charge is 2.12. The number of methoxy groups -OCH3 is 1. The molecule has 0 fully saturated rings. The van der Waals surface area contributed by atoms with E-state index in [0.717, 1.165) is 34.3 Å². The van der Waals surface area contributed by atoms with E-state index < -0.39 is 0 Å². The first-order chi connectivity index (χ1) is 9.60. The average Bonchev–Trinajstić information content (AvgIpc) is 2.87. The van der Waals surface area contributed by atoms with Crippen LogP contribution in [0.3, 0.4) is 0 Å². The summed E-state index contributed by atoms with van der Waals surface area (Å²) in [6.07, 6.45) is 0.874. The van der Waals surface area contributed by atoms with Crippen LogP contribution in [0, 0.1) is 0 Å². The summed E-state index contributed by atoms with van der Waals surface area (Å²) in [6.45, 7) is 5.16. The fraction of sp³-hybridized carbons (Fsp3) is 0.429. The zero-order valence-electron chi connectivity index (χ0n) is 11.8. The fourth-order valence-electron chi connectivity index (χ4n) is 1.78. The second-order valence-electron chi connectivity index (χ2n) is 4.70. The van der Waals surface area contributed by atoms with E-state index in [1.54, 1.807) is 24.5 Å². The Labute approximate surface area is 128 Å². The number of benzene rings is 1. The highest BCUT2D eigenvalue weighted by Crippen LogP contribution is 2.34. The first-order valence-corrected chi connectivity index (χ1v) is 7.69. The molecule has 0 atom stereocenters. The largest absolute Gasteiger partial charge is 0.496 e. The van der Waals surface area contributed by atoms with E-state index in [4.69, 9.17) is 16.3 Å². The first-order valence-electron chi connectivity index (χ1n) is 6.50. The molecular formula is C14H18ClN3OS. The molecule has 108 valence electrons. The number of hydrogen-bond donors (Lipinski definition) is 1. The molecule has 4 nitrogen and oxygen atoms in total. The van der Waals surface area contributed by atoms with Gasteiger partial charge in [-0.2, -0.15) is 0 Å². The van der Waals surface area contributed by atoms with Crippen molar-refractivity contribution in [1.82, 2.24) is 15.5 Å². The Morgan fingerprint density at radius 2 is 2.15 bits per heavy atom. The lowest BCUT2D eigenvalue weighted by atomic mass is 10.2. The average molecular weight is 312 g/mol. The molecule has 0 amide bonds. The van der Waals surface area contributed by atoms with Crippen LogP contribution in [-0.4, -0.2) is 29.9 Å². The Morgan fingerprint density at radius 3 is 2.85 bits per heavy atom. The van der Waals surface area contributed by atoms with Gasteiger partial charge in [-0.1, -0.05) is 36.8 Å². The van der Waals surface area contributed by atoms with Crippen molar-refractivity contribution in [2.45, 2.75) is 26.3 Å². The van der Waals surface area contributed by atoms with Crippen molar-refractivity contribution < 1.29 is 4.74 Å². The van der Waals surface area contributed by atoms with Crippen molar-refractivity contribution in [2.75, 3.05) is 13.7 Å². The van der Waals surface area contributed by atoms with Crippen LogP contribution in [0.4, 0.5) is 0 Å². The Morgan fingerprint density at radius 1 is 1.35 bits per heavy atom. The van der Waals surface area contributed by atoms with Gasteiger partial charge >= 0.3 is 0 Å². The van der Waals surface area contributed by atoms with E-state index in [1.807, 2.05) is 12.1 Å². The summed E-state index contributed by atoms with van der Waals surface area (Å²) in [4.78, 5) is 0. The zero-order valence-corrected chi connectivity index (χ0v) is 13.4. The minimum atomic E-state index is 0.482. The van der Waals surface area contributed by atoms with E-state index in [1.165, 1.54) is 0 Å². The van der Waals surface area contributed by atoms with Gasteiger partial charge in [-0.3, -0.25) is 0 Å². The van der Waals surface area contributed by atoms with Crippen LogP contribution in [0.1, 0.15) is 18.9 Å². The van der Waals surface area contributed by atoms with Crippen molar-refractivity contribution in [1.29, 1.82) is 0 Å². The minimum Gasteiger partial charge on any atom is -0.496 e. The molecule has 0 aliphatic heterocycles. The van der Waals surface area contributed by atoms with E-state index in [0.29, 0.717) is 11.1 Å². The van der Waals surface area contributed by atoms with Crippen LogP contribution in [0.15, 0.2) is 18.2 Å². The number of ether oxygens (including phenoxy) is 1. The Bertz CT molecular complexity index is 571. The van der Waals surface area contributed by atoms with Crippen LogP contribution in [0.2, 0.25) is 5.02 Å². The number of nitrogens with one attached hydrogen (secondary N) is 1. The molecule has 2 aromatic rings. The van der Waals surface area contributed by atoms with Gasteiger partial charge in [-0.15, -0.1) is 10.2 Å². The van der Waals surface area contributed by atoms with Crippen molar-refractivity contribution in [2.24, 2.45) is 0 Å². The molecule has 1 aromatic heterocycles. The Kier molecular flexibility index (Phi) is 5.34. The van der Waals surface area contributed by atoms with Gasteiger partial charge in [0.2, 0.25) is 0 Å². The van der Waals surface area contributed by atoms with Crippen LogP contribution in [-0.2, 0) is 6.42 Å². The number of aromatic nitrogens is 2. The predicted molar refractivity (Wildman–Crippen MR) is 83.7 cm³/mol. The lowest BCUT2D eigenvalue weighted by Crippen LogP contribution is -2.24. The summed E-state index contributed by atoms with van der Waals surface area (Å²) in [5.74, 6) is 0.761. The quantitative estimate of drug-likeness (QED) is 0.888. The molecule has 0 saturated heterocycles. The first kappa shape index (κ1) is 15.2. The van der Waals surface area contributed by atoms with Gasteiger partial charge in [-0.05, 0) is 18.2 Å². The van der Waals surface area contributed by atoms with E-state index in [2.05, 4.69) is 29.4 Å². The topological polar surface area (TPSA) is 47.0 Å². The third-order valence-electron chi connectivity index (χ3n) is 2.75. The summed E-state index contributed by atoms with van der Waals surface area (Å²) in [5.41, 5.74) is 0.889. The standard InChI is InChI=1S/C14H18ClN3OS/c1-9(2)16-7-6-13-17-18-14(20-13)11-8-10(15)4-5-12(11)19-3/h4-5,8-9,16H,6-7H2,1-3H3. The molecule has 0 radical (unpaired) electrons. The monoisotopic (exact) mass is 311 g/mol. The fourth-order valence-corrected chi connectivity index (χ4v) is 2.81. The maximum atomic E-state index is 6.04. The van der Waals surface area contributed by atoms with Crippen LogP contribution >= 0.6 is 22.9 Å². The third-order valence-corrected chi connectivity index (χ3v) is 4.00. The molecule has 1 N–H and O–H groups in total. The maximum Gasteiger partial charge on any atom is 0.151 e. The Balaban J connectivity index is 2.14. The predicted octanol–water partition coefficient (Wildman–Crippen LogP) is 3.41. The van der Waals surface area contributed by atoms with E-state index >= 15 is 0 Å². The molecule has 6 heteroatoms. The molecule has 0 unspecified atom stereocenters. The van der Waals surface area contributed by atoms with Gasteiger partial charge in [0.1, 0.15) is 10.8 Å².